The summed E-state index contributed by atoms with van der Waals surface area (Å²) in [5.41, 5.74) is 13.2. The molecule has 0 saturated heterocycles. The van der Waals surface area contributed by atoms with E-state index in [0.29, 0.717) is 17.1 Å². The molecule has 0 saturated carbocycles. The minimum absolute atomic E-state index is 0.133. The zero-order valence-corrected chi connectivity index (χ0v) is 16.1. The van der Waals surface area contributed by atoms with Gasteiger partial charge in [0.25, 0.3) is 10.0 Å². The highest BCUT2D eigenvalue weighted by atomic mass is 32.2. The lowest BCUT2D eigenvalue weighted by Crippen LogP contribution is -2.22. The van der Waals surface area contributed by atoms with Crippen LogP contribution >= 0.6 is 0 Å². The van der Waals surface area contributed by atoms with Gasteiger partial charge >= 0.3 is 0 Å². The van der Waals surface area contributed by atoms with Crippen molar-refractivity contribution in [1.29, 1.82) is 0 Å². The number of guanidine groups is 1. The van der Waals surface area contributed by atoms with Gasteiger partial charge in [0.05, 0.1) is 17.7 Å². The number of aromatic amines is 1. The van der Waals surface area contributed by atoms with Crippen LogP contribution in [0.4, 0.5) is 5.69 Å². The predicted molar refractivity (Wildman–Crippen MR) is 110 cm³/mol. The summed E-state index contributed by atoms with van der Waals surface area (Å²) >= 11 is 0. The van der Waals surface area contributed by atoms with Gasteiger partial charge in [-0.05, 0) is 49.4 Å². The molecular formula is C18H20N6O3S. The Balaban J connectivity index is 1.94. The van der Waals surface area contributed by atoms with Crippen LogP contribution in [0.15, 0.2) is 63.8 Å². The SMILES string of the molecule is COc1ccc(S(=O)(=O)Nc2ccc3[nH]cc(/C(C)=N/N=C(N)N)c3c2)cc1. The monoisotopic (exact) mass is 400 g/mol. The smallest absolute Gasteiger partial charge is 0.261 e. The van der Waals surface area contributed by atoms with Crippen molar-refractivity contribution in [2.75, 3.05) is 11.8 Å². The summed E-state index contributed by atoms with van der Waals surface area (Å²) < 4.78 is 32.9. The zero-order chi connectivity index (χ0) is 20.3. The van der Waals surface area contributed by atoms with E-state index in [2.05, 4.69) is 19.9 Å². The van der Waals surface area contributed by atoms with Crippen LogP contribution in [0.2, 0.25) is 0 Å². The van der Waals surface area contributed by atoms with Crippen LogP contribution in [0.3, 0.4) is 0 Å². The van der Waals surface area contributed by atoms with E-state index in [1.165, 1.54) is 19.2 Å². The number of H-pyrrole nitrogens is 1. The lowest BCUT2D eigenvalue weighted by atomic mass is 10.1. The second-order valence-electron chi connectivity index (χ2n) is 5.95. The molecule has 3 aromatic rings. The molecule has 6 N–H and O–H groups in total. The van der Waals surface area contributed by atoms with E-state index in [1.807, 2.05) is 0 Å². The molecule has 0 aliphatic heterocycles. The maximum Gasteiger partial charge on any atom is 0.261 e. The van der Waals surface area contributed by atoms with Gasteiger partial charge in [-0.1, -0.05) is 0 Å². The number of ether oxygens (including phenoxy) is 1. The van der Waals surface area contributed by atoms with Crippen molar-refractivity contribution in [1.82, 2.24) is 4.98 Å². The molecule has 0 unspecified atom stereocenters. The molecule has 28 heavy (non-hydrogen) atoms. The Bertz CT molecular complexity index is 1160. The van der Waals surface area contributed by atoms with Gasteiger partial charge in [0.2, 0.25) is 5.96 Å². The van der Waals surface area contributed by atoms with E-state index in [4.69, 9.17) is 16.2 Å². The van der Waals surface area contributed by atoms with Gasteiger partial charge < -0.3 is 21.2 Å². The summed E-state index contributed by atoms with van der Waals surface area (Å²) in [6.07, 6.45) is 1.76. The molecule has 2 aromatic carbocycles. The number of nitrogens with zero attached hydrogens (tertiary/aromatic N) is 2. The van der Waals surface area contributed by atoms with Crippen molar-refractivity contribution >= 4 is 38.3 Å². The Labute approximate surface area is 162 Å². The Morgan fingerprint density at radius 1 is 1.11 bits per heavy atom. The fourth-order valence-corrected chi connectivity index (χ4v) is 3.69. The number of sulfonamides is 1. The third-order valence-electron chi connectivity index (χ3n) is 4.01. The van der Waals surface area contributed by atoms with Crippen molar-refractivity contribution in [2.24, 2.45) is 21.7 Å². The topological polar surface area (TPSA) is 148 Å². The Hall–Kier alpha value is -3.53. The molecule has 0 amide bonds. The summed E-state index contributed by atoms with van der Waals surface area (Å²) in [5.74, 6) is 0.431. The molecule has 0 fully saturated rings. The second-order valence-corrected chi connectivity index (χ2v) is 7.64. The first-order valence-electron chi connectivity index (χ1n) is 8.22. The van der Waals surface area contributed by atoms with E-state index in [1.54, 1.807) is 43.5 Å². The molecule has 0 aliphatic carbocycles. The molecular weight excluding hydrogens is 380 g/mol. The lowest BCUT2D eigenvalue weighted by Gasteiger charge is -2.09. The van der Waals surface area contributed by atoms with Crippen LogP contribution in [0.25, 0.3) is 10.9 Å². The van der Waals surface area contributed by atoms with Crippen molar-refractivity contribution in [2.45, 2.75) is 11.8 Å². The maximum atomic E-state index is 12.6. The molecule has 9 nitrogen and oxygen atoms in total. The van der Waals surface area contributed by atoms with E-state index in [-0.39, 0.29) is 10.9 Å². The van der Waals surface area contributed by atoms with Crippen LogP contribution < -0.4 is 20.9 Å². The summed E-state index contributed by atoms with van der Waals surface area (Å²) in [6, 6.07) is 11.3. The highest BCUT2D eigenvalue weighted by molar-refractivity contribution is 7.92. The number of anilines is 1. The van der Waals surface area contributed by atoms with Crippen LogP contribution in [0.5, 0.6) is 5.75 Å². The molecule has 146 valence electrons. The molecule has 0 radical (unpaired) electrons. The summed E-state index contributed by atoms with van der Waals surface area (Å²) in [6.45, 7) is 1.75. The summed E-state index contributed by atoms with van der Waals surface area (Å²) in [5, 5.41) is 8.40. The number of benzene rings is 2. The third-order valence-corrected chi connectivity index (χ3v) is 5.41. The molecule has 3 rings (SSSR count). The van der Waals surface area contributed by atoms with E-state index >= 15 is 0 Å². The number of aromatic nitrogens is 1. The van der Waals surface area contributed by atoms with Crippen LogP contribution in [-0.4, -0.2) is 32.2 Å². The highest BCUT2D eigenvalue weighted by Crippen LogP contribution is 2.25. The van der Waals surface area contributed by atoms with E-state index in [0.717, 1.165) is 16.5 Å². The number of hydrogen-bond acceptors (Lipinski definition) is 5. The maximum absolute atomic E-state index is 12.6. The minimum Gasteiger partial charge on any atom is -0.497 e. The minimum atomic E-state index is -3.75. The lowest BCUT2D eigenvalue weighted by molar-refractivity contribution is 0.414. The van der Waals surface area contributed by atoms with Gasteiger partial charge in [0, 0.05) is 28.4 Å². The Morgan fingerprint density at radius 3 is 2.46 bits per heavy atom. The molecule has 0 spiro atoms. The second kappa shape index (κ2) is 7.61. The molecule has 0 bridgehead atoms. The molecule has 0 atom stereocenters. The van der Waals surface area contributed by atoms with Crippen molar-refractivity contribution in [3.63, 3.8) is 0 Å². The number of nitrogens with two attached hydrogens (primary N) is 2. The number of rotatable bonds is 6. The average Bonchev–Trinajstić information content (AvgIpc) is 3.09. The van der Waals surface area contributed by atoms with Gasteiger partial charge in [-0.2, -0.15) is 5.10 Å². The van der Waals surface area contributed by atoms with Crippen LogP contribution in [-0.2, 0) is 10.0 Å². The first-order chi connectivity index (χ1) is 13.3. The molecule has 1 heterocycles. The number of hydrogen-bond donors (Lipinski definition) is 4. The largest absolute Gasteiger partial charge is 0.497 e. The molecule has 10 heteroatoms. The fourth-order valence-electron chi connectivity index (χ4n) is 2.64. The first kappa shape index (κ1) is 19.2. The fraction of sp³-hybridized carbons (Fsp3) is 0.111. The standard InChI is InChI=1S/C18H20N6O3S/c1-11(22-23-18(19)20)16-10-21-17-8-3-12(9-15(16)17)24-28(25,26)14-6-4-13(27-2)5-7-14/h3-10,21,24H,1-2H3,(H4,19,20,23)/b22-11+. The van der Waals surface area contributed by atoms with Gasteiger partial charge in [-0.3, -0.25) is 4.72 Å². The van der Waals surface area contributed by atoms with Crippen molar-refractivity contribution in [3.05, 3.63) is 54.2 Å². The third kappa shape index (κ3) is 4.07. The van der Waals surface area contributed by atoms with Crippen LogP contribution in [0, 0.1) is 0 Å². The number of fused-ring (bicyclic) bond motifs is 1. The Morgan fingerprint density at radius 2 is 1.82 bits per heavy atom. The van der Waals surface area contributed by atoms with Gasteiger partial charge in [-0.25, -0.2) is 8.42 Å². The molecule has 1 aromatic heterocycles. The quantitative estimate of drug-likeness (QED) is 0.284. The van der Waals surface area contributed by atoms with E-state index < -0.39 is 10.0 Å². The van der Waals surface area contributed by atoms with Crippen molar-refractivity contribution in [3.8, 4) is 5.75 Å². The van der Waals surface area contributed by atoms with Gasteiger partial charge in [0.1, 0.15) is 5.75 Å². The average molecular weight is 400 g/mol. The van der Waals surface area contributed by atoms with Crippen LogP contribution in [0.1, 0.15) is 12.5 Å². The predicted octanol–water partition coefficient (Wildman–Crippen LogP) is 1.97. The highest BCUT2D eigenvalue weighted by Gasteiger charge is 2.15. The van der Waals surface area contributed by atoms with Crippen molar-refractivity contribution < 1.29 is 13.2 Å². The van der Waals surface area contributed by atoms with Gasteiger partial charge in [-0.15, -0.1) is 5.10 Å². The number of methoxy groups -OCH3 is 1. The normalized spacial score (nSPS) is 12.0. The number of nitrogens with one attached hydrogen (secondary N) is 2. The first-order valence-corrected chi connectivity index (χ1v) is 9.70. The van der Waals surface area contributed by atoms with Gasteiger partial charge in [0.15, 0.2) is 0 Å². The Kier molecular flexibility index (Phi) is 5.23. The molecule has 0 aliphatic rings. The van der Waals surface area contributed by atoms with E-state index in [9.17, 15) is 8.42 Å². The summed E-state index contributed by atoms with van der Waals surface area (Å²) in [4.78, 5) is 3.24. The zero-order valence-electron chi connectivity index (χ0n) is 15.3. The summed E-state index contributed by atoms with van der Waals surface area (Å²) in [7, 11) is -2.23.